The van der Waals surface area contributed by atoms with E-state index in [2.05, 4.69) is 16.1 Å². The van der Waals surface area contributed by atoms with Crippen LogP contribution in [0.3, 0.4) is 0 Å². The van der Waals surface area contributed by atoms with Crippen molar-refractivity contribution < 1.29 is 14.3 Å². The maximum Gasteiger partial charge on any atom is 0.410 e. The van der Waals surface area contributed by atoms with Gasteiger partial charge in [-0.1, -0.05) is 48.5 Å². The van der Waals surface area contributed by atoms with Gasteiger partial charge in [0.2, 0.25) is 0 Å². The molecule has 8 nitrogen and oxygen atoms in total. The zero-order chi connectivity index (χ0) is 26.9. The summed E-state index contributed by atoms with van der Waals surface area (Å²) in [4.78, 5) is 31.6. The number of nitrogens with zero attached hydrogens (tertiary/aromatic N) is 4. The number of aromatic nitrogens is 3. The van der Waals surface area contributed by atoms with E-state index in [-0.39, 0.29) is 17.8 Å². The Hall–Kier alpha value is -4.20. The molecule has 1 amide bonds. The predicted octanol–water partition coefficient (Wildman–Crippen LogP) is 5.52. The number of fused-ring (bicyclic) bond motifs is 1. The lowest BCUT2D eigenvalue weighted by Crippen LogP contribution is -2.41. The number of carbonyl (C=O) groups is 2. The second kappa shape index (κ2) is 10.3. The summed E-state index contributed by atoms with van der Waals surface area (Å²) in [6, 6.07) is 19.5. The van der Waals surface area contributed by atoms with E-state index in [1.54, 1.807) is 4.90 Å². The molecule has 0 saturated carbocycles. The lowest BCUT2D eigenvalue weighted by atomic mass is 9.93. The summed E-state index contributed by atoms with van der Waals surface area (Å²) in [6.45, 7) is 6.83. The van der Waals surface area contributed by atoms with Crippen LogP contribution in [0.4, 0.5) is 10.6 Å². The van der Waals surface area contributed by atoms with Crippen molar-refractivity contribution in [3.8, 4) is 11.1 Å². The molecule has 0 spiro atoms. The Balaban J connectivity index is 1.42. The highest BCUT2D eigenvalue weighted by atomic mass is 16.6. The number of anilines is 1. The van der Waals surface area contributed by atoms with Gasteiger partial charge < -0.3 is 15.4 Å². The van der Waals surface area contributed by atoms with Crippen molar-refractivity contribution in [3.63, 3.8) is 0 Å². The Labute approximate surface area is 222 Å². The van der Waals surface area contributed by atoms with E-state index >= 15 is 0 Å². The molecule has 1 aliphatic rings. The summed E-state index contributed by atoms with van der Waals surface area (Å²) < 4.78 is 7.42. The second-order valence-corrected chi connectivity index (χ2v) is 10.8. The van der Waals surface area contributed by atoms with Crippen molar-refractivity contribution >= 4 is 23.2 Å². The molecule has 2 aromatic heterocycles. The van der Waals surface area contributed by atoms with Crippen molar-refractivity contribution in [3.05, 3.63) is 83.8 Å². The van der Waals surface area contributed by atoms with Crippen LogP contribution < -0.4 is 5.73 Å². The fraction of sp³-hybridized carbons (Fsp3) is 0.333. The van der Waals surface area contributed by atoms with Crippen LogP contribution in [-0.2, 0) is 11.2 Å². The van der Waals surface area contributed by atoms with Crippen LogP contribution in [0.5, 0.6) is 0 Å². The number of likely N-dealkylation sites (tertiary alicyclic amines) is 1. The smallest absolute Gasteiger partial charge is 0.410 e. The third kappa shape index (κ3) is 5.39. The molecule has 3 heterocycles. The third-order valence-electron chi connectivity index (χ3n) is 6.88. The van der Waals surface area contributed by atoms with Crippen LogP contribution in [0.25, 0.3) is 16.6 Å². The number of ketones is 1. The highest BCUT2D eigenvalue weighted by Crippen LogP contribution is 2.37. The lowest BCUT2D eigenvalue weighted by Gasteiger charge is -2.33. The SMILES string of the molecule is CC(C)(C)OC(=O)N1CCC(c2cc(-c3cccc(C(=O)Cc4ccccc4)c3)c3c(N)ncnn23)CC1. The summed E-state index contributed by atoms with van der Waals surface area (Å²) in [5, 5.41) is 4.53. The minimum Gasteiger partial charge on any atom is -0.444 e. The maximum atomic E-state index is 13.1. The Morgan fingerprint density at radius 3 is 2.47 bits per heavy atom. The number of ether oxygens (including phenoxy) is 1. The van der Waals surface area contributed by atoms with E-state index in [1.165, 1.54) is 6.33 Å². The van der Waals surface area contributed by atoms with Crippen LogP contribution in [0.1, 0.15) is 61.1 Å². The number of hydrogen-bond acceptors (Lipinski definition) is 6. The predicted molar refractivity (Wildman–Crippen MR) is 147 cm³/mol. The van der Waals surface area contributed by atoms with Crippen molar-refractivity contribution in [1.29, 1.82) is 0 Å². The molecule has 1 saturated heterocycles. The number of carbonyl (C=O) groups excluding carboxylic acids is 2. The van der Waals surface area contributed by atoms with Gasteiger partial charge in [0.25, 0.3) is 0 Å². The highest BCUT2D eigenvalue weighted by molar-refractivity contribution is 5.99. The van der Waals surface area contributed by atoms with Crippen molar-refractivity contribution in [2.75, 3.05) is 18.8 Å². The largest absolute Gasteiger partial charge is 0.444 e. The van der Waals surface area contributed by atoms with Crippen LogP contribution in [0, 0.1) is 0 Å². The molecule has 0 bridgehead atoms. The second-order valence-electron chi connectivity index (χ2n) is 10.8. The molecule has 0 atom stereocenters. The Morgan fingerprint density at radius 2 is 1.76 bits per heavy atom. The molecule has 0 aliphatic carbocycles. The third-order valence-corrected chi connectivity index (χ3v) is 6.88. The monoisotopic (exact) mass is 511 g/mol. The number of benzene rings is 2. The normalized spacial score (nSPS) is 14.6. The average molecular weight is 512 g/mol. The Kier molecular flexibility index (Phi) is 6.89. The van der Waals surface area contributed by atoms with Gasteiger partial charge >= 0.3 is 6.09 Å². The quantitative estimate of drug-likeness (QED) is 0.354. The van der Waals surface area contributed by atoms with E-state index < -0.39 is 5.60 Å². The Morgan fingerprint density at radius 1 is 1.03 bits per heavy atom. The number of piperidine rings is 1. The minimum atomic E-state index is -0.522. The zero-order valence-corrected chi connectivity index (χ0v) is 22.1. The summed E-state index contributed by atoms with van der Waals surface area (Å²) in [5.41, 5.74) is 11.0. The summed E-state index contributed by atoms with van der Waals surface area (Å²) >= 11 is 0. The fourth-order valence-electron chi connectivity index (χ4n) is 5.03. The molecule has 0 radical (unpaired) electrons. The van der Waals surface area contributed by atoms with Gasteiger partial charge in [0.1, 0.15) is 17.4 Å². The number of hydrogen-bond donors (Lipinski definition) is 1. The van der Waals surface area contributed by atoms with Crippen LogP contribution in [0.15, 0.2) is 67.0 Å². The average Bonchev–Trinajstić information content (AvgIpc) is 3.29. The molecule has 4 aromatic rings. The van der Waals surface area contributed by atoms with Gasteiger partial charge in [-0.25, -0.2) is 14.3 Å². The highest BCUT2D eigenvalue weighted by Gasteiger charge is 2.30. The molecule has 1 aliphatic heterocycles. The van der Waals surface area contributed by atoms with E-state index in [0.717, 1.165) is 40.7 Å². The van der Waals surface area contributed by atoms with Crippen molar-refractivity contribution in [2.24, 2.45) is 0 Å². The summed E-state index contributed by atoms with van der Waals surface area (Å²) in [7, 11) is 0. The summed E-state index contributed by atoms with van der Waals surface area (Å²) in [5.74, 6) is 0.626. The standard InChI is InChI=1S/C30H33N5O3/c1-30(2,3)38-29(37)34-14-12-21(13-15-34)25-18-24(27-28(31)32-19-33-35(25)27)22-10-7-11-23(17-22)26(36)16-20-8-5-4-6-9-20/h4-11,17-19,21H,12-16H2,1-3H3,(H2,31,32,33). The topological polar surface area (TPSA) is 103 Å². The first kappa shape index (κ1) is 25.4. The number of nitrogen functional groups attached to an aromatic ring is 1. The number of nitrogens with two attached hydrogens (primary N) is 1. The molecule has 5 rings (SSSR count). The molecule has 2 aromatic carbocycles. The van der Waals surface area contributed by atoms with E-state index in [0.29, 0.717) is 30.9 Å². The molecule has 38 heavy (non-hydrogen) atoms. The molecule has 196 valence electrons. The van der Waals surface area contributed by atoms with Crippen LogP contribution >= 0.6 is 0 Å². The van der Waals surface area contributed by atoms with Gasteiger partial charge in [-0.15, -0.1) is 0 Å². The van der Waals surface area contributed by atoms with Gasteiger partial charge in [0, 0.05) is 42.2 Å². The fourth-order valence-corrected chi connectivity index (χ4v) is 5.03. The molecule has 0 unspecified atom stereocenters. The molecule has 8 heteroatoms. The van der Waals surface area contributed by atoms with E-state index in [4.69, 9.17) is 10.5 Å². The lowest BCUT2D eigenvalue weighted by molar-refractivity contribution is 0.0203. The number of Topliss-reactive ketones (excluding diaryl/α,β-unsaturated/α-hetero) is 1. The van der Waals surface area contributed by atoms with Crippen LogP contribution in [-0.4, -0.2) is 50.1 Å². The van der Waals surface area contributed by atoms with Gasteiger partial charge in [-0.05, 0) is 56.9 Å². The van der Waals surface area contributed by atoms with Gasteiger partial charge in [0.15, 0.2) is 11.6 Å². The Bertz CT molecular complexity index is 1460. The molecular weight excluding hydrogens is 478 g/mol. The number of amides is 1. The summed E-state index contributed by atoms with van der Waals surface area (Å²) in [6.07, 6.45) is 3.09. The van der Waals surface area contributed by atoms with Gasteiger partial charge in [-0.3, -0.25) is 4.79 Å². The minimum absolute atomic E-state index is 0.0560. The maximum absolute atomic E-state index is 13.1. The van der Waals surface area contributed by atoms with Crippen molar-refractivity contribution in [1.82, 2.24) is 19.5 Å². The first-order chi connectivity index (χ1) is 18.2. The van der Waals surface area contributed by atoms with Gasteiger partial charge in [-0.2, -0.15) is 5.10 Å². The molecule has 2 N–H and O–H groups in total. The first-order valence-corrected chi connectivity index (χ1v) is 13.0. The van der Waals surface area contributed by atoms with Crippen molar-refractivity contribution in [2.45, 2.75) is 51.6 Å². The molecular formula is C30H33N5O3. The number of rotatable bonds is 5. The zero-order valence-electron chi connectivity index (χ0n) is 22.1. The first-order valence-electron chi connectivity index (χ1n) is 13.0. The molecule has 1 fully saturated rings. The van der Waals surface area contributed by atoms with Gasteiger partial charge in [0.05, 0.1) is 0 Å². The van der Waals surface area contributed by atoms with Crippen LogP contribution in [0.2, 0.25) is 0 Å². The van der Waals surface area contributed by atoms with E-state index in [9.17, 15) is 9.59 Å². The van der Waals surface area contributed by atoms with E-state index in [1.807, 2.05) is 79.9 Å².